The van der Waals surface area contributed by atoms with E-state index in [1.165, 1.54) is 0 Å². The molecule has 1 aromatic heterocycles. The normalized spacial score (nSPS) is 24.5. The molecule has 7 nitrogen and oxygen atoms in total. The van der Waals surface area contributed by atoms with Gasteiger partial charge in [0.05, 0.1) is 32.5 Å². The number of nitrogens with zero attached hydrogens (tertiary/aromatic N) is 2. The molecule has 0 unspecified atom stereocenters. The molecule has 1 saturated carbocycles. The lowest BCUT2D eigenvalue weighted by Crippen LogP contribution is -2.41. The van der Waals surface area contributed by atoms with Gasteiger partial charge in [0, 0.05) is 31.8 Å². The van der Waals surface area contributed by atoms with E-state index in [-0.39, 0.29) is 24.0 Å². The van der Waals surface area contributed by atoms with Gasteiger partial charge in [-0.25, -0.2) is 4.98 Å². The topological polar surface area (TPSA) is 83.9 Å². The fourth-order valence-electron chi connectivity index (χ4n) is 3.61. The smallest absolute Gasteiger partial charge is 0.220 e. The van der Waals surface area contributed by atoms with Gasteiger partial charge in [-0.1, -0.05) is 6.07 Å². The number of aliphatic hydroxyl groups excluding tert-OH is 1. The van der Waals surface area contributed by atoms with E-state index < -0.39 is 0 Å². The number of amides is 1. The Bertz CT molecular complexity index is 569. The van der Waals surface area contributed by atoms with Gasteiger partial charge in [-0.05, 0) is 37.3 Å². The highest BCUT2D eigenvalue weighted by Gasteiger charge is 2.35. The predicted octanol–water partition coefficient (Wildman–Crippen LogP) is 1.13. The van der Waals surface area contributed by atoms with Gasteiger partial charge < -0.3 is 19.9 Å². The number of nitrogens with one attached hydrogen (secondary N) is 1. The lowest BCUT2D eigenvalue weighted by Gasteiger charge is -2.38. The van der Waals surface area contributed by atoms with E-state index in [1.54, 1.807) is 13.3 Å². The van der Waals surface area contributed by atoms with Crippen LogP contribution in [0.1, 0.15) is 37.3 Å². The first-order chi connectivity index (χ1) is 12.7. The first kappa shape index (κ1) is 19.1. The van der Waals surface area contributed by atoms with Crippen molar-refractivity contribution in [3.8, 4) is 5.88 Å². The molecule has 1 amide bonds. The largest absolute Gasteiger partial charge is 0.481 e. The molecule has 1 aromatic rings. The van der Waals surface area contributed by atoms with Crippen molar-refractivity contribution in [1.29, 1.82) is 0 Å². The monoisotopic (exact) mass is 363 g/mol. The van der Waals surface area contributed by atoms with Gasteiger partial charge in [-0.2, -0.15) is 0 Å². The summed E-state index contributed by atoms with van der Waals surface area (Å²) in [6.07, 6.45) is 4.27. The summed E-state index contributed by atoms with van der Waals surface area (Å²) in [7, 11) is 1.58. The van der Waals surface area contributed by atoms with Crippen LogP contribution in [0.4, 0.5) is 0 Å². The number of rotatable bonds is 8. The number of pyridine rings is 1. The lowest BCUT2D eigenvalue weighted by molar-refractivity contribution is -0.123. The van der Waals surface area contributed by atoms with Gasteiger partial charge in [0.25, 0.3) is 0 Å². The Morgan fingerprint density at radius 2 is 2.19 bits per heavy atom. The molecule has 0 radical (unpaired) electrons. The Kier molecular flexibility index (Phi) is 6.82. The van der Waals surface area contributed by atoms with Crippen LogP contribution in [-0.4, -0.2) is 67.0 Å². The molecular formula is C19H29N3O4. The molecule has 0 spiro atoms. The molecule has 26 heavy (non-hydrogen) atoms. The van der Waals surface area contributed by atoms with Crippen molar-refractivity contribution < 1.29 is 19.4 Å². The standard InChI is InChI=1S/C19H29N3O4/c1-25-18-5-4-14(13-20-18)19(15-11-16(23)12-15)21-17(24)3-2-6-22-7-9-26-10-8-22/h4-5,13,15-16,19,23H,2-3,6-12H2,1H3,(H,21,24)/t15?,16?,19-/m1/s1. The SMILES string of the molecule is COc1ccc([C@@H](NC(=O)CCCN2CCOCC2)C2CC(O)C2)cn1. The van der Waals surface area contributed by atoms with Gasteiger partial charge in [0.2, 0.25) is 11.8 Å². The molecule has 1 aliphatic carbocycles. The average molecular weight is 363 g/mol. The maximum atomic E-state index is 12.5. The van der Waals surface area contributed by atoms with Crippen LogP contribution in [0.2, 0.25) is 0 Å². The number of carbonyl (C=O) groups excluding carboxylic acids is 1. The molecule has 1 aliphatic heterocycles. The highest BCUT2D eigenvalue weighted by Crippen LogP contribution is 2.38. The van der Waals surface area contributed by atoms with E-state index in [9.17, 15) is 9.90 Å². The summed E-state index contributed by atoms with van der Waals surface area (Å²) in [5.41, 5.74) is 0.962. The van der Waals surface area contributed by atoms with Crippen LogP contribution < -0.4 is 10.1 Å². The van der Waals surface area contributed by atoms with Crippen LogP contribution in [-0.2, 0) is 9.53 Å². The van der Waals surface area contributed by atoms with E-state index >= 15 is 0 Å². The third-order valence-electron chi connectivity index (χ3n) is 5.25. The summed E-state index contributed by atoms with van der Waals surface area (Å²) < 4.78 is 10.4. The van der Waals surface area contributed by atoms with E-state index in [2.05, 4.69) is 15.2 Å². The molecule has 2 heterocycles. The first-order valence-electron chi connectivity index (χ1n) is 9.43. The van der Waals surface area contributed by atoms with Gasteiger partial charge in [-0.15, -0.1) is 0 Å². The highest BCUT2D eigenvalue weighted by molar-refractivity contribution is 5.76. The van der Waals surface area contributed by atoms with Gasteiger partial charge in [0.1, 0.15) is 0 Å². The Labute approximate surface area is 154 Å². The Hall–Kier alpha value is -1.70. The average Bonchev–Trinajstić information content (AvgIpc) is 2.65. The predicted molar refractivity (Wildman–Crippen MR) is 96.9 cm³/mol. The fourth-order valence-corrected chi connectivity index (χ4v) is 3.61. The molecule has 1 atom stereocenters. The maximum Gasteiger partial charge on any atom is 0.220 e. The number of methoxy groups -OCH3 is 1. The molecule has 2 aliphatic rings. The second kappa shape index (κ2) is 9.30. The minimum Gasteiger partial charge on any atom is -0.481 e. The molecule has 2 fully saturated rings. The number of morpholine rings is 1. The third kappa shape index (κ3) is 5.16. The van der Waals surface area contributed by atoms with Crippen LogP contribution in [0.15, 0.2) is 18.3 Å². The number of aromatic nitrogens is 1. The Balaban J connectivity index is 1.52. The molecule has 1 saturated heterocycles. The van der Waals surface area contributed by atoms with Gasteiger partial charge in [0.15, 0.2) is 0 Å². The maximum absolute atomic E-state index is 12.5. The molecule has 3 rings (SSSR count). The molecule has 0 bridgehead atoms. The van der Waals surface area contributed by atoms with E-state index in [4.69, 9.17) is 9.47 Å². The summed E-state index contributed by atoms with van der Waals surface area (Å²) in [6, 6.07) is 3.64. The summed E-state index contributed by atoms with van der Waals surface area (Å²) in [5, 5.41) is 12.8. The van der Waals surface area contributed by atoms with E-state index in [0.29, 0.717) is 25.1 Å². The zero-order valence-corrected chi connectivity index (χ0v) is 15.4. The van der Waals surface area contributed by atoms with Crippen LogP contribution in [0, 0.1) is 5.92 Å². The van der Waals surface area contributed by atoms with Gasteiger partial charge in [-0.3, -0.25) is 9.69 Å². The lowest BCUT2D eigenvalue weighted by atomic mass is 9.75. The van der Waals surface area contributed by atoms with Crippen LogP contribution in [0.25, 0.3) is 0 Å². The van der Waals surface area contributed by atoms with Crippen molar-refractivity contribution in [2.45, 2.75) is 37.8 Å². The van der Waals surface area contributed by atoms with Crippen LogP contribution in [0.3, 0.4) is 0 Å². The third-order valence-corrected chi connectivity index (χ3v) is 5.25. The Morgan fingerprint density at radius 1 is 1.42 bits per heavy atom. The quantitative estimate of drug-likeness (QED) is 0.720. The van der Waals surface area contributed by atoms with Crippen LogP contribution in [0.5, 0.6) is 5.88 Å². The van der Waals surface area contributed by atoms with Crippen molar-refractivity contribution in [3.05, 3.63) is 23.9 Å². The van der Waals surface area contributed by atoms with Crippen molar-refractivity contribution in [2.75, 3.05) is 40.0 Å². The molecule has 144 valence electrons. The van der Waals surface area contributed by atoms with E-state index in [0.717, 1.165) is 44.8 Å². The fraction of sp³-hybridized carbons (Fsp3) is 0.684. The molecule has 0 aromatic carbocycles. The minimum absolute atomic E-state index is 0.0560. The summed E-state index contributed by atoms with van der Waals surface area (Å²) >= 11 is 0. The molecule has 7 heteroatoms. The van der Waals surface area contributed by atoms with Crippen molar-refractivity contribution in [1.82, 2.24) is 15.2 Å². The number of aliphatic hydroxyl groups is 1. The number of ether oxygens (including phenoxy) is 2. The van der Waals surface area contributed by atoms with Crippen molar-refractivity contribution >= 4 is 5.91 Å². The highest BCUT2D eigenvalue weighted by atomic mass is 16.5. The summed E-state index contributed by atoms with van der Waals surface area (Å²) in [6.45, 7) is 4.38. The van der Waals surface area contributed by atoms with E-state index in [1.807, 2.05) is 12.1 Å². The number of hydrogen-bond acceptors (Lipinski definition) is 6. The molecular weight excluding hydrogens is 334 g/mol. The van der Waals surface area contributed by atoms with Crippen molar-refractivity contribution in [2.24, 2.45) is 5.92 Å². The Morgan fingerprint density at radius 3 is 2.81 bits per heavy atom. The zero-order valence-electron chi connectivity index (χ0n) is 15.4. The molecule has 2 N–H and O–H groups in total. The summed E-state index contributed by atoms with van der Waals surface area (Å²) in [4.78, 5) is 19.0. The van der Waals surface area contributed by atoms with Crippen LogP contribution >= 0.6 is 0 Å². The number of carbonyl (C=O) groups is 1. The second-order valence-electron chi connectivity index (χ2n) is 7.12. The first-order valence-corrected chi connectivity index (χ1v) is 9.43. The minimum atomic E-state index is -0.257. The van der Waals surface area contributed by atoms with Gasteiger partial charge >= 0.3 is 0 Å². The summed E-state index contributed by atoms with van der Waals surface area (Å²) in [5.74, 6) is 0.863. The zero-order chi connectivity index (χ0) is 18.4. The number of hydrogen-bond donors (Lipinski definition) is 2. The second-order valence-corrected chi connectivity index (χ2v) is 7.12. The van der Waals surface area contributed by atoms with Crippen molar-refractivity contribution in [3.63, 3.8) is 0 Å².